The summed E-state index contributed by atoms with van der Waals surface area (Å²) in [6.07, 6.45) is 0.328. The van der Waals surface area contributed by atoms with Crippen molar-refractivity contribution in [1.29, 1.82) is 0 Å². The molecule has 0 aliphatic carbocycles. The Kier molecular flexibility index (Phi) is 7.54. The van der Waals surface area contributed by atoms with Gasteiger partial charge in [0.2, 0.25) is 12.6 Å². The zero-order valence-corrected chi connectivity index (χ0v) is 20.0. The Morgan fingerprint density at radius 3 is 2.14 bits per heavy atom. The van der Waals surface area contributed by atoms with Crippen molar-refractivity contribution in [2.24, 2.45) is 0 Å². The monoisotopic (exact) mass is 491 g/mol. The van der Waals surface area contributed by atoms with Gasteiger partial charge in [-0.1, -0.05) is 65.7 Å². The van der Waals surface area contributed by atoms with Crippen molar-refractivity contribution in [2.45, 2.75) is 26.0 Å². The Balaban J connectivity index is 1.06. The number of pyridine rings is 1. The Hall–Kier alpha value is -3.04. The molecule has 35 heavy (non-hydrogen) atoms. The summed E-state index contributed by atoms with van der Waals surface area (Å²) in [6.45, 7) is 4.34. The fourth-order valence-corrected chi connectivity index (χ4v) is 3.93. The van der Waals surface area contributed by atoms with E-state index in [1.165, 1.54) is 0 Å². The number of hydrogen-bond acceptors (Lipinski definition) is 7. The molecule has 1 saturated heterocycles. The third-order valence-corrected chi connectivity index (χ3v) is 5.95. The van der Waals surface area contributed by atoms with Crippen LogP contribution in [0.2, 0.25) is 5.02 Å². The molecule has 2 heterocycles. The number of halogens is 1. The third-order valence-electron chi connectivity index (χ3n) is 5.71. The maximum atomic E-state index is 6.07. The van der Waals surface area contributed by atoms with Crippen LogP contribution in [0.3, 0.4) is 0 Å². The number of rotatable bonds is 8. The first-order valence-corrected chi connectivity index (χ1v) is 11.8. The van der Waals surface area contributed by atoms with E-state index in [9.17, 15) is 0 Å². The van der Waals surface area contributed by atoms with E-state index in [1.54, 1.807) is 6.20 Å². The predicted molar refractivity (Wildman–Crippen MR) is 134 cm³/mol. The molecule has 0 atom stereocenters. The topological polar surface area (TPSA) is 73.9 Å². The van der Waals surface area contributed by atoms with Gasteiger partial charge in [-0.25, -0.2) is 0 Å². The van der Waals surface area contributed by atoms with E-state index < -0.39 is 12.6 Å². The summed E-state index contributed by atoms with van der Waals surface area (Å²) in [6, 6.07) is 23.4. The molecule has 1 aliphatic rings. The fourth-order valence-electron chi connectivity index (χ4n) is 3.77. The van der Waals surface area contributed by atoms with Gasteiger partial charge >= 0.3 is 0 Å². The van der Waals surface area contributed by atoms with Crippen LogP contribution in [0.5, 0.6) is 0 Å². The Labute approximate surface area is 208 Å². The zero-order valence-electron chi connectivity index (χ0n) is 19.2. The summed E-state index contributed by atoms with van der Waals surface area (Å²) in [5.74, 6) is 0. The van der Waals surface area contributed by atoms with Crippen LogP contribution in [-0.4, -0.2) is 18.1 Å². The zero-order chi connectivity index (χ0) is 24.0. The highest BCUT2D eigenvalue weighted by molar-refractivity contribution is 6.31. The van der Waals surface area contributed by atoms with E-state index in [0.29, 0.717) is 5.02 Å². The van der Waals surface area contributed by atoms with Crippen molar-refractivity contribution in [3.63, 3.8) is 0 Å². The van der Waals surface area contributed by atoms with Crippen molar-refractivity contribution < 1.29 is 19.6 Å². The Morgan fingerprint density at radius 2 is 1.46 bits per heavy atom. The molecule has 0 amide bonds. The fraction of sp³-hybridized carbons (Fsp3) is 0.222. The number of anilines is 1. The van der Waals surface area contributed by atoms with E-state index in [2.05, 4.69) is 15.6 Å². The van der Waals surface area contributed by atoms with Gasteiger partial charge in [0.25, 0.3) is 0 Å². The van der Waals surface area contributed by atoms with Crippen molar-refractivity contribution in [3.05, 3.63) is 106 Å². The smallest absolute Gasteiger partial charge is 0.249 e. The highest BCUT2D eigenvalue weighted by Crippen LogP contribution is 2.32. The molecular weight excluding hydrogens is 466 g/mol. The molecule has 8 heteroatoms. The minimum Gasteiger partial charge on any atom is -0.383 e. The van der Waals surface area contributed by atoms with Gasteiger partial charge in [0.05, 0.1) is 5.52 Å². The second-order valence-corrected chi connectivity index (χ2v) is 8.76. The number of benzene rings is 3. The SMILES string of the molecule is Cc1ccc(C2OOC(c3ccc(CNCCNc4ccnc5cc(Cl)ccc45)cc3)OO2)cc1. The maximum absolute atomic E-state index is 6.07. The van der Waals surface area contributed by atoms with Crippen LogP contribution in [0.25, 0.3) is 10.9 Å². The van der Waals surface area contributed by atoms with E-state index in [4.69, 9.17) is 31.2 Å². The Bertz CT molecular complexity index is 1260. The second-order valence-electron chi connectivity index (χ2n) is 8.32. The molecule has 3 aromatic carbocycles. The highest BCUT2D eigenvalue weighted by atomic mass is 35.5. The van der Waals surface area contributed by atoms with Crippen molar-refractivity contribution >= 4 is 28.2 Å². The number of aryl methyl sites for hydroxylation is 1. The third kappa shape index (κ3) is 5.97. The first kappa shape index (κ1) is 23.7. The lowest BCUT2D eigenvalue weighted by Gasteiger charge is -2.27. The molecular formula is C27H26ClN3O4. The molecule has 2 N–H and O–H groups in total. The van der Waals surface area contributed by atoms with Gasteiger partial charge in [0, 0.05) is 53.1 Å². The normalized spacial score (nSPS) is 18.0. The minimum absolute atomic E-state index is 0.683. The average molecular weight is 492 g/mol. The standard InChI is InChI=1S/C27H26ClN3O4/c1-18-2-6-20(7-3-18)26-32-34-27(35-33-26)21-8-4-19(5-9-21)17-29-14-15-31-24-12-13-30-25-16-22(28)10-11-23(24)25/h2-13,16,26-27,29H,14-15,17H2,1H3,(H,30,31). The van der Waals surface area contributed by atoms with E-state index in [1.807, 2.05) is 79.7 Å². The molecule has 1 aromatic heterocycles. The van der Waals surface area contributed by atoms with Crippen LogP contribution in [0.15, 0.2) is 79.0 Å². The van der Waals surface area contributed by atoms with E-state index in [-0.39, 0.29) is 0 Å². The number of hydrogen-bond donors (Lipinski definition) is 2. The van der Waals surface area contributed by atoms with Crippen LogP contribution >= 0.6 is 11.6 Å². The van der Waals surface area contributed by atoms with Gasteiger partial charge in [-0.3, -0.25) is 4.98 Å². The summed E-state index contributed by atoms with van der Waals surface area (Å²) in [5.41, 5.74) is 5.85. The van der Waals surface area contributed by atoms with Crippen LogP contribution in [-0.2, 0) is 26.1 Å². The summed E-state index contributed by atoms with van der Waals surface area (Å²) in [7, 11) is 0. The van der Waals surface area contributed by atoms with Gasteiger partial charge in [0.15, 0.2) is 0 Å². The average Bonchev–Trinajstić information content (AvgIpc) is 2.89. The molecule has 1 aliphatic heterocycles. The summed E-state index contributed by atoms with van der Waals surface area (Å²) >= 11 is 6.07. The first-order valence-electron chi connectivity index (χ1n) is 11.4. The molecule has 0 bridgehead atoms. The van der Waals surface area contributed by atoms with Gasteiger partial charge in [0.1, 0.15) is 0 Å². The number of fused-ring (bicyclic) bond motifs is 1. The number of nitrogens with one attached hydrogen (secondary N) is 2. The molecule has 4 aromatic rings. The lowest BCUT2D eigenvalue weighted by molar-refractivity contribution is -0.600. The van der Waals surface area contributed by atoms with Crippen LogP contribution in [0.1, 0.15) is 34.8 Å². The minimum atomic E-state index is -0.743. The van der Waals surface area contributed by atoms with Crippen LogP contribution in [0.4, 0.5) is 5.69 Å². The molecule has 7 nitrogen and oxygen atoms in total. The van der Waals surface area contributed by atoms with Crippen LogP contribution < -0.4 is 10.6 Å². The number of aromatic nitrogens is 1. The molecule has 1 fully saturated rings. The highest BCUT2D eigenvalue weighted by Gasteiger charge is 2.28. The van der Waals surface area contributed by atoms with Gasteiger partial charge in [-0.2, -0.15) is 19.6 Å². The van der Waals surface area contributed by atoms with E-state index in [0.717, 1.165) is 58.5 Å². The quantitative estimate of drug-likeness (QED) is 0.231. The molecule has 0 saturated carbocycles. The summed E-state index contributed by atoms with van der Waals surface area (Å²) in [4.78, 5) is 26.0. The van der Waals surface area contributed by atoms with Crippen molar-refractivity contribution in [2.75, 3.05) is 18.4 Å². The largest absolute Gasteiger partial charge is 0.383 e. The molecule has 0 unspecified atom stereocenters. The van der Waals surface area contributed by atoms with Crippen molar-refractivity contribution in [3.8, 4) is 0 Å². The molecule has 0 radical (unpaired) electrons. The predicted octanol–water partition coefficient (Wildman–Crippen LogP) is 6.01. The summed E-state index contributed by atoms with van der Waals surface area (Å²) in [5, 5.41) is 8.64. The number of nitrogens with zero attached hydrogens (tertiary/aromatic N) is 1. The lowest BCUT2D eigenvalue weighted by atomic mass is 10.1. The van der Waals surface area contributed by atoms with Crippen molar-refractivity contribution in [1.82, 2.24) is 10.3 Å². The molecule has 180 valence electrons. The van der Waals surface area contributed by atoms with Gasteiger partial charge in [-0.15, -0.1) is 0 Å². The second kappa shape index (κ2) is 11.1. The van der Waals surface area contributed by atoms with E-state index >= 15 is 0 Å². The maximum Gasteiger partial charge on any atom is 0.249 e. The lowest BCUT2D eigenvalue weighted by Crippen LogP contribution is -2.23. The van der Waals surface area contributed by atoms with Gasteiger partial charge < -0.3 is 10.6 Å². The van der Waals surface area contributed by atoms with Crippen LogP contribution in [0, 0.1) is 6.92 Å². The van der Waals surface area contributed by atoms with Gasteiger partial charge in [-0.05, 0) is 36.8 Å². The first-order chi connectivity index (χ1) is 17.2. The summed E-state index contributed by atoms with van der Waals surface area (Å²) < 4.78 is 0. The molecule has 0 spiro atoms. The Morgan fingerprint density at radius 1 is 0.800 bits per heavy atom. The molecule has 5 rings (SSSR count).